The molecule has 0 amide bonds. The molecule has 1 aliphatic rings. The van der Waals surface area contributed by atoms with E-state index in [9.17, 15) is 0 Å². The quantitative estimate of drug-likeness (QED) is 0.862. The largest absolute Gasteiger partial charge is 0.357 e. The maximum atomic E-state index is 6.13. The van der Waals surface area contributed by atoms with E-state index in [1.54, 1.807) is 13.2 Å². The number of hydrogen-bond acceptors (Lipinski definition) is 4. The summed E-state index contributed by atoms with van der Waals surface area (Å²) < 4.78 is 0. The normalized spacial score (nSPS) is 18.9. The van der Waals surface area contributed by atoms with Crippen LogP contribution in [0.2, 0.25) is 5.02 Å². The first-order valence-corrected chi connectivity index (χ1v) is 5.85. The lowest BCUT2D eigenvalue weighted by atomic mass is 9.93. The summed E-state index contributed by atoms with van der Waals surface area (Å²) in [6, 6.07) is 0. The van der Waals surface area contributed by atoms with Crippen LogP contribution in [-0.2, 0) is 0 Å². The minimum atomic E-state index is 0.341. The molecule has 5 heteroatoms. The Morgan fingerprint density at radius 3 is 2.81 bits per heavy atom. The Kier molecular flexibility index (Phi) is 2.93. The SMILES string of the molecule is CNc1ncc(Cl)c(N2CCC(C)(C)C2)n1. The van der Waals surface area contributed by atoms with Gasteiger partial charge in [0, 0.05) is 20.1 Å². The first kappa shape index (κ1) is 11.5. The van der Waals surface area contributed by atoms with E-state index in [1.807, 2.05) is 0 Å². The molecule has 1 aliphatic heterocycles. The first-order chi connectivity index (χ1) is 7.52. The lowest BCUT2D eigenvalue weighted by molar-refractivity contribution is 0.418. The van der Waals surface area contributed by atoms with Gasteiger partial charge in [-0.1, -0.05) is 25.4 Å². The number of aromatic nitrogens is 2. The molecule has 2 rings (SSSR count). The van der Waals surface area contributed by atoms with Crippen LogP contribution in [0.1, 0.15) is 20.3 Å². The predicted molar refractivity (Wildman–Crippen MR) is 67.2 cm³/mol. The summed E-state index contributed by atoms with van der Waals surface area (Å²) in [6.07, 6.45) is 2.82. The molecule has 0 aromatic carbocycles. The van der Waals surface area contributed by atoms with Crippen LogP contribution >= 0.6 is 11.6 Å². The zero-order valence-electron chi connectivity index (χ0n) is 9.92. The van der Waals surface area contributed by atoms with E-state index < -0.39 is 0 Å². The van der Waals surface area contributed by atoms with Gasteiger partial charge in [0.2, 0.25) is 5.95 Å². The Hall–Kier alpha value is -1.03. The predicted octanol–water partition coefficient (Wildman–Crippen LogP) is 2.41. The number of anilines is 2. The van der Waals surface area contributed by atoms with E-state index in [2.05, 4.69) is 34.0 Å². The fourth-order valence-electron chi connectivity index (χ4n) is 1.99. The van der Waals surface area contributed by atoms with E-state index in [0.29, 0.717) is 16.4 Å². The van der Waals surface area contributed by atoms with Gasteiger partial charge in [0.25, 0.3) is 0 Å². The summed E-state index contributed by atoms with van der Waals surface area (Å²) in [5.74, 6) is 1.45. The molecule has 88 valence electrons. The molecule has 1 N–H and O–H groups in total. The van der Waals surface area contributed by atoms with Gasteiger partial charge in [0.1, 0.15) is 5.02 Å². The summed E-state index contributed by atoms with van der Waals surface area (Å²) in [6.45, 7) is 6.53. The maximum absolute atomic E-state index is 6.13. The van der Waals surface area contributed by atoms with Gasteiger partial charge in [0.05, 0.1) is 6.20 Å². The lowest BCUT2D eigenvalue weighted by Crippen LogP contribution is -2.24. The lowest BCUT2D eigenvalue weighted by Gasteiger charge is -2.21. The maximum Gasteiger partial charge on any atom is 0.224 e. The highest BCUT2D eigenvalue weighted by Gasteiger charge is 2.31. The van der Waals surface area contributed by atoms with Gasteiger partial charge < -0.3 is 10.2 Å². The van der Waals surface area contributed by atoms with Crippen LogP contribution in [0.15, 0.2) is 6.20 Å². The molecule has 0 aliphatic carbocycles. The van der Waals surface area contributed by atoms with Gasteiger partial charge >= 0.3 is 0 Å². The summed E-state index contributed by atoms with van der Waals surface area (Å²) >= 11 is 6.13. The third-order valence-electron chi connectivity index (χ3n) is 2.93. The van der Waals surface area contributed by atoms with Crippen molar-refractivity contribution in [1.29, 1.82) is 0 Å². The fraction of sp³-hybridized carbons (Fsp3) is 0.636. The molecule has 0 atom stereocenters. The van der Waals surface area contributed by atoms with Crippen LogP contribution in [0.3, 0.4) is 0 Å². The molecule has 0 bridgehead atoms. The van der Waals surface area contributed by atoms with E-state index in [4.69, 9.17) is 11.6 Å². The van der Waals surface area contributed by atoms with Gasteiger partial charge in [-0.15, -0.1) is 0 Å². The fourth-order valence-corrected chi connectivity index (χ4v) is 2.20. The molecule has 4 nitrogen and oxygen atoms in total. The minimum absolute atomic E-state index is 0.341. The third-order valence-corrected chi connectivity index (χ3v) is 3.19. The van der Waals surface area contributed by atoms with Crippen LogP contribution in [0.25, 0.3) is 0 Å². The Balaban J connectivity index is 2.27. The molecule has 2 heterocycles. The van der Waals surface area contributed by atoms with Gasteiger partial charge in [-0.2, -0.15) is 4.98 Å². The highest BCUT2D eigenvalue weighted by atomic mass is 35.5. The number of nitrogens with zero attached hydrogens (tertiary/aromatic N) is 3. The molecule has 1 fully saturated rings. The van der Waals surface area contributed by atoms with E-state index in [-0.39, 0.29) is 0 Å². The van der Waals surface area contributed by atoms with E-state index >= 15 is 0 Å². The van der Waals surface area contributed by atoms with E-state index in [1.165, 1.54) is 6.42 Å². The van der Waals surface area contributed by atoms with Crippen LogP contribution < -0.4 is 10.2 Å². The van der Waals surface area contributed by atoms with Gasteiger partial charge in [-0.05, 0) is 11.8 Å². The first-order valence-electron chi connectivity index (χ1n) is 5.47. The molecule has 1 saturated heterocycles. The zero-order valence-corrected chi connectivity index (χ0v) is 10.7. The topological polar surface area (TPSA) is 41.1 Å². The van der Waals surface area contributed by atoms with Crippen LogP contribution in [-0.4, -0.2) is 30.1 Å². The second-order valence-corrected chi connectivity index (χ2v) is 5.36. The van der Waals surface area contributed by atoms with Crippen molar-refractivity contribution >= 4 is 23.4 Å². The number of hydrogen-bond donors (Lipinski definition) is 1. The Bertz CT molecular complexity index is 392. The highest BCUT2D eigenvalue weighted by molar-refractivity contribution is 6.32. The number of rotatable bonds is 2. The molecule has 0 spiro atoms. The van der Waals surface area contributed by atoms with Crippen molar-refractivity contribution in [1.82, 2.24) is 9.97 Å². The van der Waals surface area contributed by atoms with Gasteiger partial charge in [0.15, 0.2) is 5.82 Å². The molecular weight excluding hydrogens is 224 g/mol. The second-order valence-electron chi connectivity index (χ2n) is 4.95. The van der Waals surface area contributed by atoms with Crippen molar-refractivity contribution < 1.29 is 0 Å². The van der Waals surface area contributed by atoms with Crippen molar-refractivity contribution in [3.8, 4) is 0 Å². The monoisotopic (exact) mass is 240 g/mol. The molecule has 16 heavy (non-hydrogen) atoms. The smallest absolute Gasteiger partial charge is 0.224 e. The third kappa shape index (κ3) is 2.21. The molecular formula is C11H17ClN4. The molecule has 0 saturated carbocycles. The van der Waals surface area contributed by atoms with Crippen molar-refractivity contribution in [3.63, 3.8) is 0 Å². The molecule has 0 radical (unpaired) electrons. The number of nitrogens with one attached hydrogen (secondary N) is 1. The van der Waals surface area contributed by atoms with Crippen molar-refractivity contribution in [2.24, 2.45) is 5.41 Å². The Labute approximate surface area is 101 Å². The average Bonchev–Trinajstić information content (AvgIpc) is 2.59. The van der Waals surface area contributed by atoms with Crippen LogP contribution in [0.4, 0.5) is 11.8 Å². The van der Waals surface area contributed by atoms with Crippen molar-refractivity contribution in [2.75, 3.05) is 30.4 Å². The van der Waals surface area contributed by atoms with Crippen LogP contribution in [0, 0.1) is 5.41 Å². The average molecular weight is 241 g/mol. The number of halogens is 1. The minimum Gasteiger partial charge on any atom is -0.357 e. The summed E-state index contributed by atoms with van der Waals surface area (Å²) in [5, 5.41) is 3.55. The molecule has 0 unspecified atom stereocenters. The van der Waals surface area contributed by atoms with Crippen molar-refractivity contribution in [2.45, 2.75) is 20.3 Å². The Morgan fingerprint density at radius 2 is 2.25 bits per heavy atom. The highest BCUT2D eigenvalue weighted by Crippen LogP contribution is 2.34. The summed E-state index contributed by atoms with van der Waals surface area (Å²) in [7, 11) is 1.81. The summed E-state index contributed by atoms with van der Waals surface area (Å²) in [5.41, 5.74) is 0.341. The Morgan fingerprint density at radius 1 is 1.50 bits per heavy atom. The molecule has 1 aromatic rings. The van der Waals surface area contributed by atoms with E-state index in [0.717, 1.165) is 18.9 Å². The van der Waals surface area contributed by atoms with Gasteiger partial charge in [-0.3, -0.25) is 0 Å². The second kappa shape index (κ2) is 4.09. The van der Waals surface area contributed by atoms with Gasteiger partial charge in [-0.25, -0.2) is 4.98 Å². The standard InChI is InChI=1S/C11H17ClN4/c1-11(2)4-5-16(7-11)9-8(12)6-14-10(13-3)15-9/h6H,4-5,7H2,1-3H3,(H,13,14,15). The zero-order chi connectivity index (χ0) is 11.8. The van der Waals surface area contributed by atoms with Crippen LogP contribution in [0.5, 0.6) is 0 Å². The molecule has 1 aromatic heterocycles. The summed E-state index contributed by atoms with van der Waals surface area (Å²) in [4.78, 5) is 10.7. The van der Waals surface area contributed by atoms with Crippen molar-refractivity contribution in [3.05, 3.63) is 11.2 Å².